The number of nitrogens with one attached hydrogen (secondary N) is 1. The van der Waals surface area contributed by atoms with Crippen LogP contribution in [0.25, 0.3) is 0 Å². The van der Waals surface area contributed by atoms with Crippen LogP contribution in [-0.4, -0.2) is 4.98 Å². The minimum Gasteiger partial charge on any atom is -0.375 e. The van der Waals surface area contributed by atoms with Crippen molar-refractivity contribution in [3.63, 3.8) is 0 Å². The third kappa shape index (κ3) is 2.26. The standard InChI is InChI=1S/C13H10F4N2S/c14-9-11(10(15)13(17)19-12(9)16)18-5-7-4-6-2-1-3-8(6)20-7/h4H,1-3,5H2,(H,18,19). The van der Waals surface area contributed by atoms with Gasteiger partial charge in [0.05, 0.1) is 0 Å². The van der Waals surface area contributed by atoms with Gasteiger partial charge in [-0.05, 0) is 30.9 Å². The molecule has 7 heteroatoms. The van der Waals surface area contributed by atoms with Gasteiger partial charge in [0.15, 0.2) is 0 Å². The number of rotatable bonds is 3. The number of halogens is 4. The normalized spacial score (nSPS) is 13.6. The topological polar surface area (TPSA) is 24.9 Å². The first-order chi connectivity index (χ1) is 9.56. The highest BCUT2D eigenvalue weighted by Crippen LogP contribution is 2.31. The van der Waals surface area contributed by atoms with E-state index in [9.17, 15) is 17.6 Å². The van der Waals surface area contributed by atoms with Gasteiger partial charge in [-0.2, -0.15) is 22.5 Å². The number of anilines is 1. The SMILES string of the molecule is Fc1nc(F)c(F)c(NCc2cc3c(s2)CCC3)c1F. The lowest BCUT2D eigenvalue weighted by Gasteiger charge is -2.08. The van der Waals surface area contributed by atoms with E-state index in [4.69, 9.17) is 0 Å². The molecule has 0 fully saturated rings. The maximum absolute atomic E-state index is 13.4. The van der Waals surface area contributed by atoms with Gasteiger partial charge < -0.3 is 5.32 Å². The van der Waals surface area contributed by atoms with Gasteiger partial charge in [0, 0.05) is 16.3 Å². The fourth-order valence-electron chi connectivity index (χ4n) is 2.30. The largest absolute Gasteiger partial charge is 0.375 e. The number of hydrogen-bond donors (Lipinski definition) is 1. The molecule has 0 saturated heterocycles. The molecule has 0 saturated carbocycles. The van der Waals surface area contributed by atoms with Gasteiger partial charge in [0.25, 0.3) is 11.9 Å². The molecule has 1 N–H and O–H groups in total. The molecule has 1 aliphatic rings. The number of aryl methyl sites for hydroxylation is 2. The summed E-state index contributed by atoms with van der Waals surface area (Å²) in [6.07, 6.45) is 3.15. The molecule has 1 aliphatic carbocycles. The van der Waals surface area contributed by atoms with Gasteiger partial charge in [-0.3, -0.25) is 0 Å². The molecule has 0 atom stereocenters. The van der Waals surface area contributed by atoms with Crippen LogP contribution in [0, 0.1) is 23.5 Å². The van der Waals surface area contributed by atoms with E-state index in [2.05, 4.69) is 10.3 Å². The molecule has 3 rings (SSSR count). The molecule has 2 nitrogen and oxygen atoms in total. The average Bonchev–Trinajstić information content (AvgIpc) is 2.97. The average molecular weight is 302 g/mol. The summed E-state index contributed by atoms with van der Waals surface area (Å²) < 4.78 is 52.7. The zero-order chi connectivity index (χ0) is 14.3. The number of thiophene rings is 1. The third-order valence-corrected chi connectivity index (χ3v) is 4.47. The summed E-state index contributed by atoms with van der Waals surface area (Å²) in [6.45, 7) is 0.119. The van der Waals surface area contributed by atoms with Crippen LogP contribution in [0.3, 0.4) is 0 Å². The van der Waals surface area contributed by atoms with Crippen molar-refractivity contribution in [2.24, 2.45) is 0 Å². The molecule has 20 heavy (non-hydrogen) atoms. The van der Waals surface area contributed by atoms with Crippen molar-refractivity contribution in [1.82, 2.24) is 4.98 Å². The van der Waals surface area contributed by atoms with Crippen molar-refractivity contribution < 1.29 is 17.6 Å². The molecule has 0 bridgehead atoms. The highest BCUT2D eigenvalue weighted by molar-refractivity contribution is 7.12. The van der Waals surface area contributed by atoms with Crippen molar-refractivity contribution in [1.29, 1.82) is 0 Å². The second-order valence-electron chi connectivity index (χ2n) is 4.56. The van der Waals surface area contributed by atoms with Crippen LogP contribution < -0.4 is 5.32 Å². The van der Waals surface area contributed by atoms with Crippen LogP contribution in [0.5, 0.6) is 0 Å². The fourth-order valence-corrected chi connectivity index (χ4v) is 3.50. The Morgan fingerprint density at radius 2 is 1.80 bits per heavy atom. The van der Waals surface area contributed by atoms with Crippen LogP contribution in [0.4, 0.5) is 23.2 Å². The summed E-state index contributed by atoms with van der Waals surface area (Å²) in [5.74, 6) is -6.32. The van der Waals surface area contributed by atoms with E-state index in [0.29, 0.717) is 0 Å². The summed E-state index contributed by atoms with van der Waals surface area (Å²) >= 11 is 1.55. The minimum atomic E-state index is -1.65. The fraction of sp³-hybridized carbons (Fsp3) is 0.308. The van der Waals surface area contributed by atoms with Crippen molar-refractivity contribution in [3.05, 3.63) is 44.9 Å². The lowest BCUT2D eigenvalue weighted by molar-refractivity contribution is 0.410. The first-order valence-electron chi connectivity index (χ1n) is 6.10. The van der Waals surface area contributed by atoms with Crippen LogP contribution in [0.1, 0.15) is 21.7 Å². The molecule has 2 aromatic heterocycles. The molecule has 2 heterocycles. The Balaban J connectivity index is 1.81. The number of hydrogen-bond acceptors (Lipinski definition) is 3. The Hall–Kier alpha value is -1.63. The first-order valence-corrected chi connectivity index (χ1v) is 6.92. The highest BCUT2D eigenvalue weighted by atomic mass is 32.1. The lowest BCUT2D eigenvalue weighted by atomic mass is 10.2. The maximum Gasteiger partial charge on any atom is 0.253 e. The number of pyridine rings is 1. The van der Waals surface area contributed by atoms with Crippen LogP contribution in [0.15, 0.2) is 6.07 Å². The third-order valence-electron chi connectivity index (χ3n) is 3.23. The second-order valence-corrected chi connectivity index (χ2v) is 5.79. The van der Waals surface area contributed by atoms with Gasteiger partial charge in [-0.25, -0.2) is 0 Å². The monoisotopic (exact) mass is 302 g/mol. The Labute approximate surface area is 116 Å². The smallest absolute Gasteiger partial charge is 0.253 e. The van der Waals surface area contributed by atoms with Crippen LogP contribution in [0.2, 0.25) is 0 Å². The van der Waals surface area contributed by atoms with Crippen molar-refractivity contribution in [3.8, 4) is 0 Å². The Bertz CT molecular complexity index is 621. The Kier molecular flexibility index (Phi) is 3.37. The molecule has 0 radical (unpaired) electrons. The highest BCUT2D eigenvalue weighted by Gasteiger charge is 2.21. The van der Waals surface area contributed by atoms with Gasteiger partial charge in [0.1, 0.15) is 5.69 Å². The molecule has 106 valence electrons. The molecule has 0 amide bonds. The van der Waals surface area contributed by atoms with Crippen molar-refractivity contribution in [2.75, 3.05) is 5.32 Å². The maximum atomic E-state index is 13.4. The molecule has 0 spiro atoms. The zero-order valence-electron chi connectivity index (χ0n) is 10.3. The first kappa shape index (κ1) is 13.4. The van der Waals surface area contributed by atoms with Crippen molar-refractivity contribution in [2.45, 2.75) is 25.8 Å². The van der Waals surface area contributed by atoms with Crippen LogP contribution in [-0.2, 0) is 19.4 Å². The molecular weight excluding hydrogens is 292 g/mol. The van der Waals surface area contributed by atoms with E-state index in [-0.39, 0.29) is 6.54 Å². The Morgan fingerprint density at radius 3 is 2.45 bits per heavy atom. The van der Waals surface area contributed by atoms with E-state index in [0.717, 1.165) is 24.1 Å². The van der Waals surface area contributed by atoms with E-state index in [1.54, 1.807) is 11.3 Å². The van der Waals surface area contributed by atoms with E-state index in [1.165, 1.54) is 10.4 Å². The van der Waals surface area contributed by atoms with Gasteiger partial charge >= 0.3 is 0 Å². The lowest BCUT2D eigenvalue weighted by Crippen LogP contribution is -2.08. The van der Waals surface area contributed by atoms with E-state index >= 15 is 0 Å². The predicted octanol–water partition coefficient (Wildman–Crippen LogP) is 3.80. The molecular formula is C13H10F4N2S. The number of fused-ring (bicyclic) bond motifs is 1. The minimum absolute atomic E-state index is 0.119. The molecule has 0 aliphatic heterocycles. The second kappa shape index (κ2) is 5.05. The van der Waals surface area contributed by atoms with E-state index in [1.807, 2.05) is 6.07 Å². The zero-order valence-corrected chi connectivity index (χ0v) is 11.1. The summed E-state index contributed by atoms with van der Waals surface area (Å²) in [5, 5.41) is 2.41. The number of aromatic nitrogens is 1. The van der Waals surface area contributed by atoms with Crippen molar-refractivity contribution >= 4 is 17.0 Å². The van der Waals surface area contributed by atoms with Gasteiger partial charge in [-0.1, -0.05) is 0 Å². The van der Waals surface area contributed by atoms with Gasteiger partial charge in [-0.15, -0.1) is 11.3 Å². The quantitative estimate of drug-likeness (QED) is 0.689. The van der Waals surface area contributed by atoms with E-state index < -0.39 is 29.2 Å². The molecule has 2 aromatic rings. The molecule has 0 aromatic carbocycles. The molecule has 0 unspecified atom stereocenters. The summed E-state index contributed by atoms with van der Waals surface area (Å²) in [7, 11) is 0. The Morgan fingerprint density at radius 1 is 1.10 bits per heavy atom. The van der Waals surface area contributed by atoms with Gasteiger partial charge in [0.2, 0.25) is 11.6 Å². The summed E-state index contributed by atoms with van der Waals surface area (Å²) in [6, 6.07) is 1.96. The predicted molar refractivity (Wildman–Crippen MR) is 67.7 cm³/mol. The summed E-state index contributed by atoms with van der Waals surface area (Å²) in [5.41, 5.74) is 0.434. The number of nitrogens with zero attached hydrogens (tertiary/aromatic N) is 1. The van der Waals surface area contributed by atoms with Crippen LogP contribution >= 0.6 is 11.3 Å². The summed E-state index contributed by atoms with van der Waals surface area (Å²) in [4.78, 5) is 4.66.